The molecule has 0 aliphatic carbocycles. The van der Waals surface area contributed by atoms with Gasteiger partial charge in [0.1, 0.15) is 0 Å². The van der Waals surface area contributed by atoms with Gasteiger partial charge in [-0.1, -0.05) is 13.0 Å². The first-order valence-corrected chi connectivity index (χ1v) is 8.50. The molecule has 0 spiro atoms. The molecule has 0 radical (unpaired) electrons. The lowest BCUT2D eigenvalue weighted by atomic mass is 10.0. The van der Waals surface area contributed by atoms with E-state index in [2.05, 4.69) is 5.32 Å². The number of amides is 1. The Kier molecular flexibility index (Phi) is 4.97. The van der Waals surface area contributed by atoms with E-state index in [0.717, 1.165) is 18.4 Å². The Morgan fingerprint density at radius 3 is 2.62 bits per heavy atom. The zero-order chi connectivity index (χ0) is 15.5. The molecule has 21 heavy (non-hydrogen) atoms. The van der Waals surface area contributed by atoms with Gasteiger partial charge in [-0.25, -0.2) is 13.6 Å². The summed E-state index contributed by atoms with van der Waals surface area (Å²) in [5.41, 5.74) is 1.17. The van der Waals surface area contributed by atoms with Gasteiger partial charge in [0.15, 0.2) is 0 Å². The molecular formula is C14H20N2O4S. The number of hydrogen-bond donors (Lipinski definition) is 2. The average molecular weight is 312 g/mol. The van der Waals surface area contributed by atoms with E-state index in [-0.39, 0.29) is 16.8 Å². The SMILES string of the molecule is CCc1ccc(S(N)(=O)=O)cc1C(=O)NC1CCOCC1. The van der Waals surface area contributed by atoms with E-state index in [9.17, 15) is 13.2 Å². The summed E-state index contributed by atoms with van der Waals surface area (Å²) in [6.45, 7) is 3.17. The molecule has 0 saturated carbocycles. The molecule has 1 aromatic rings. The summed E-state index contributed by atoms with van der Waals surface area (Å²) in [6, 6.07) is 4.48. The first kappa shape index (κ1) is 15.9. The highest BCUT2D eigenvalue weighted by molar-refractivity contribution is 7.89. The quantitative estimate of drug-likeness (QED) is 0.859. The van der Waals surface area contributed by atoms with Crippen molar-refractivity contribution in [2.45, 2.75) is 37.1 Å². The maximum Gasteiger partial charge on any atom is 0.251 e. The number of hydrogen-bond acceptors (Lipinski definition) is 4. The number of carbonyl (C=O) groups excluding carboxylic acids is 1. The Labute approximate surface area is 124 Å². The normalized spacial score (nSPS) is 16.7. The van der Waals surface area contributed by atoms with Crippen LogP contribution < -0.4 is 10.5 Å². The number of ether oxygens (including phenoxy) is 1. The third-order valence-electron chi connectivity index (χ3n) is 3.59. The number of nitrogens with one attached hydrogen (secondary N) is 1. The highest BCUT2D eigenvalue weighted by Crippen LogP contribution is 2.17. The molecule has 1 aliphatic rings. The zero-order valence-corrected chi connectivity index (χ0v) is 12.8. The van der Waals surface area contributed by atoms with Crippen LogP contribution in [0.2, 0.25) is 0 Å². The number of aryl methyl sites for hydroxylation is 1. The maximum atomic E-state index is 12.4. The van der Waals surface area contributed by atoms with Crippen molar-refractivity contribution < 1.29 is 17.9 Å². The number of nitrogens with two attached hydrogens (primary N) is 1. The van der Waals surface area contributed by atoms with Crippen LogP contribution in [0, 0.1) is 0 Å². The van der Waals surface area contributed by atoms with E-state index in [1.807, 2.05) is 6.92 Å². The predicted molar refractivity (Wildman–Crippen MR) is 78.5 cm³/mol. The molecule has 6 nitrogen and oxygen atoms in total. The van der Waals surface area contributed by atoms with Crippen LogP contribution in [-0.2, 0) is 21.2 Å². The number of sulfonamides is 1. The fourth-order valence-corrected chi connectivity index (χ4v) is 2.90. The highest BCUT2D eigenvalue weighted by atomic mass is 32.2. The van der Waals surface area contributed by atoms with Gasteiger partial charge in [-0.15, -0.1) is 0 Å². The van der Waals surface area contributed by atoms with Crippen LogP contribution in [0.4, 0.5) is 0 Å². The number of carbonyl (C=O) groups is 1. The first-order chi connectivity index (χ1) is 9.91. The van der Waals surface area contributed by atoms with E-state index in [4.69, 9.17) is 9.88 Å². The molecule has 0 unspecified atom stereocenters. The monoisotopic (exact) mass is 312 g/mol. The largest absolute Gasteiger partial charge is 0.381 e. The van der Waals surface area contributed by atoms with Crippen LogP contribution >= 0.6 is 0 Å². The van der Waals surface area contributed by atoms with Crippen molar-refractivity contribution in [3.8, 4) is 0 Å². The Balaban J connectivity index is 2.25. The summed E-state index contributed by atoms with van der Waals surface area (Å²) in [7, 11) is -3.82. The second-order valence-corrected chi connectivity index (χ2v) is 6.64. The van der Waals surface area contributed by atoms with Crippen molar-refractivity contribution in [2.75, 3.05) is 13.2 Å². The number of primary sulfonamides is 1. The lowest BCUT2D eigenvalue weighted by molar-refractivity contribution is 0.0696. The van der Waals surface area contributed by atoms with Crippen LogP contribution in [0.1, 0.15) is 35.7 Å². The van der Waals surface area contributed by atoms with Crippen molar-refractivity contribution in [2.24, 2.45) is 5.14 Å². The number of rotatable bonds is 4. The maximum absolute atomic E-state index is 12.4. The molecule has 0 atom stereocenters. The molecule has 1 heterocycles. The van der Waals surface area contributed by atoms with E-state index < -0.39 is 10.0 Å². The molecule has 0 bridgehead atoms. The third-order valence-corrected chi connectivity index (χ3v) is 4.50. The van der Waals surface area contributed by atoms with Gasteiger partial charge in [0, 0.05) is 24.8 Å². The highest BCUT2D eigenvalue weighted by Gasteiger charge is 2.20. The van der Waals surface area contributed by atoms with Crippen molar-refractivity contribution >= 4 is 15.9 Å². The standard InChI is InChI=1S/C14H20N2O4S/c1-2-10-3-4-12(21(15,18)19)9-13(10)14(17)16-11-5-7-20-8-6-11/h3-4,9,11H,2,5-8H2,1H3,(H,16,17)(H2,15,18,19). The van der Waals surface area contributed by atoms with Crippen molar-refractivity contribution in [3.05, 3.63) is 29.3 Å². The lowest BCUT2D eigenvalue weighted by Gasteiger charge is -2.23. The van der Waals surface area contributed by atoms with Crippen LogP contribution in [0.3, 0.4) is 0 Å². The summed E-state index contributed by atoms with van der Waals surface area (Å²) < 4.78 is 28.1. The average Bonchev–Trinajstić information content (AvgIpc) is 2.46. The second kappa shape index (κ2) is 6.55. The van der Waals surface area contributed by atoms with Crippen LogP contribution in [0.25, 0.3) is 0 Å². The summed E-state index contributed by atoms with van der Waals surface area (Å²) in [5.74, 6) is -0.260. The van der Waals surface area contributed by atoms with Gasteiger partial charge in [0.2, 0.25) is 10.0 Å². The van der Waals surface area contributed by atoms with Gasteiger partial charge in [-0.3, -0.25) is 4.79 Å². The van der Waals surface area contributed by atoms with Gasteiger partial charge in [-0.05, 0) is 37.0 Å². The Morgan fingerprint density at radius 1 is 1.38 bits per heavy atom. The van der Waals surface area contributed by atoms with Crippen molar-refractivity contribution in [1.29, 1.82) is 0 Å². The van der Waals surface area contributed by atoms with Crippen LogP contribution in [0.5, 0.6) is 0 Å². The molecule has 116 valence electrons. The molecule has 7 heteroatoms. The molecule has 1 aliphatic heterocycles. The summed E-state index contributed by atoms with van der Waals surface area (Å²) in [6.07, 6.45) is 2.17. The molecule has 0 aromatic heterocycles. The van der Waals surface area contributed by atoms with E-state index in [0.29, 0.717) is 25.2 Å². The second-order valence-electron chi connectivity index (χ2n) is 5.08. The summed E-state index contributed by atoms with van der Waals surface area (Å²) >= 11 is 0. The minimum absolute atomic E-state index is 0.0446. The van der Waals surface area contributed by atoms with Gasteiger partial charge in [0.05, 0.1) is 4.90 Å². The van der Waals surface area contributed by atoms with E-state index in [1.165, 1.54) is 12.1 Å². The zero-order valence-electron chi connectivity index (χ0n) is 12.0. The molecule has 1 fully saturated rings. The minimum atomic E-state index is -3.82. The van der Waals surface area contributed by atoms with Gasteiger partial charge >= 0.3 is 0 Å². The van der Waals surface area contributed by atoms with Crippen LogP contribution in [-0.4, -0.2) is 33.6 Å². The molecule has 2 rings (SSSR count). The molecule has 1 amide bonds. The Hall–Kier alpha value is -1.44. The third kappa shape index (κ3) is 4.03. The van der Waals surface area contributed by atoms with E-state index >= 15 is 0 Å². The molecule has 1 aromatic carbocycles. The van der Waals surface area contributed by atoms with Crippen molar-refractivity contribution in [3.63, 3.8) is 0 Å². The topological polar surface area (TPSA) is 98.5 Å². The molecule has 1 saturated heterocycles. The minimum Gasteiger partial charge on any atom is -0.381 e. The molecule has 3 N–H and O–H groups in total. The predicted octanol–water partition coefficient (Wildman–Crippen LogP) is 0.805. The Morgan fingerprint density at radius 2 is 2.05 bits per heavy atom. The molecular weight excluding hydrogens is 292 g/mol. The Bertz CT molecular complexity index is 622. The summed E-state index contributed by atoms with van der Waals surface area (Å²) in [5, 5.41) is 8.06. The first-order valence-electron chi connectivity index (χ1n) is 6.96. The van der Waals surface area contributed by atoms with Crippen molar-refractivity contribution in [1.82, 2.24) is 5.32 Å². The summed E-state index contributed by atoms with van der Waals surface area (Å²) in [4.78, 5) is 12.3. The number of benzene rings is 1. The van der Waals surface area contributed by atoms with Gasteiger partial charge in [0.25, 0.3) is 5.91 Å². The lowest BCUT2D eigenvalue weighted by Crippen LogP contribution is -2.39. The van der Waals surface area contributed by atoms with Gasteiger partial charge < -0.3 is 10.1 Å². The fourth-order valence-electron chi connectivity index (χ4n) is 2.36. The fraction of sp³-hybridized carbons (Fsp3) is 0.500. The van der Waals surface area contributed by atoms with E-state index in [1.54, 1.807) is 6.07 Å². The van der Waals surface area contributed by atoms with Crippen LogP contribution in [0.15, 0.2) is 23.1 Å². The van der Waals surface area contributed by atoms with Gasteiger partial charge in [-0.2, -0.15) is 0 Å². The smallest absolute Gasteiger partial charge is 0.251 e.